The molecule has 0 aliphatic carbocycles. The van der Waals surface area contributed by atoms with Crippen molar-refractivity contribution in [3.63, 3.8) is 0 Å². The Balaban J connectivity index is 1.81. The van der Waals surface area contributed by atoms with Crippen molar-refractivity contribution in [1.29, 1.82) is 0 Å². The summed E-state index contributed by atoms with van der Waals surface area (Å²) in [6.07, 6.45) is 2.74. The lowest BCUT2D eigenvalue weighted by atomic mass is 10.0. The first-order chi connectivity index (χ1) is 8.65. The molecule has 6 heteroatoms. The molecular formula is C12H14ClN3O2. The van der Waals surface area contributed by atoms with Crippen LogP contribution in [-0.2, 0) is 0 Å². The molecule has 2 aliphatic heterocycles. The Bertz CT molecular complexity index is 465. The van der Waals surface area contributed by atoms with Crippen LogP contribution >= 0.6 is 11.6 Å². The van der Waals surface area contributed by atoms with Crippen LogP contribution in [0.25, 0.3) is 0 Å². The van der Waals surface area contributed by atoms with Crippen LogP contribution in [0.15, 0.2) is 18.3 Å². The predicted molar refractivity (Wildman–Crippen MR) is 68.1 cm³/mol. The number of halogens is 1. The fourth-order valence-corrected chi connectivity index (χ4v) is 3.08. The number of nitrogens with zero attached hydrogens (tertiary/aromatic N) is 3. The van der Waals surface area contributed by atoms with E-state index >= 15 is 0 Å². The number of likely N-dealkylation sites (tertiary alicyclic amines) is 1. The van der Waals surface area contributed by atoms with Crippen molar-refractivity contribution < 1.29 is 9.90 Å². The monoisotopic (exact) mass is 267 g/mol. The number of fused-ring (bicyclic) bond motifs is 2. The molecule has 1 N–H and O–H groups in total. The molecule has 96 valence electrons. The van der Waals surface area contributed by atoms with Gasteiger partial charge in [-0.25, -0.2) is 9.78 Å². The summed E-state index contributed by atoms with van der Waals surface area (Å²) in [5, 5.41) is 9.61. The van der Waals surface area contributed by atoms with Crippen molar-refractivity contribution in [2.24, 2.45) is 0 Å². The highest BCUT2D eigenvalue weighted by Gasteiger charge is 2.41. The molecule has 2 unspecified atom stereocenters. The topological polar surface area (TPSA) is 56.7 Å². The number of piperidine rings is 1. The van der Waals surface area contributed by atoms with Gasteiger partial charge in [-0.1, -0.05) is 11.6 Å². The van der Waals surface area contributed by atoms with Crippen LogP contribution in [0.4, 0.5) is 10.5 Å². The van der Waals surface area contributed by atoms with Crippen LogP contribution in [0.3, 0.4) is 0 Å². The quantitative estimate of drug-likeness (QED) is 0.792. The summed E-state index contributed by atoms with van der Waals surface area (Å²) in [4.78, 5) is 19.0. The van der Waals surface area contributed by atoms with Gasteiger partial charge in [0.25, 0.3) is 0 Å². The average molecular weight is 268 g/mol. The molecule has 0 radical (unpaired) electrons. The summed E-state index contributed by atoms with van der Waals surface area (Å²) in [5.74, 6) is 0. The molecule has 18 heavy (non-hydrogen) atoms. The standard InChI is InChI=1S/C12H14ClN3O2/c13-11-2-1-9(6-14-11)16-7-10-5-8(16)3-4-15(10)12(17)18/h1-2,6,8,10H,3-5,7H2,(H,17,18). The second kappa shape index (κ2) is 4.31. The van der Waals surface area contributed by atoms with Gasteiger partial charge in [0.05, 0.1) is 17.9 Å². The number of anilines is 1. The van der Waals surface area contributed by atoms with Crippen LogP contribution < -0.4 is 4.90 Å². The van der Waals surface area contributed by atoms with Crippen LogP contribution in [-0.4, -0.2) is 46.3 Å². The lowest BCUT2D eigenvalue weighted by Crippen LogP contribution is -2.43. The van der Waals surface area contributed by atoms with Crippen molar-refractivity contribution in [2.45, 2.75) is 24.9 Å². The first-order valence-corrected chi connectivity index (χ1v) is 6.40. The van der Waals surface area contributed by atoms with Gasteiger partial charge in [0.2, 0.25) is 0 Å². The number of hydrogen-bond acceptors (Lipinski definition) is 3. The highest BCUT2D eigenvalue weighted by atomic mass is 35.5. The van der Waals surface area contributed by atoms with Gasteiger partial charge in [0.1, 0.15) is 5.15 Å². The minimum absolute atomic E-state index is 0.108. The molecule has 0 aromatic carbocycles. The number of aromatic nitrogens is 1. The van der Waals surface area contributed by atoms with E-state index in [1.807, 2.05) is 6.07 Å². The number of carboxylic acid groups (broad SMARTS) is 1. The number of pyridine rings is 1. The predicted octanol–water partition coefficient (Wildman–Crippen LogP) is 2.07. The number of carbonyl (C=O) groups is 1. The second-order valence-corrected chi connectivity index (χ2v) is 5.19. The normalized spacial score (nSPS) is 26.5. The zero-order valence-corrected chi connectivity index (χ0v) is 10.5. The van der Waals surface area contributed by atoms with Gasteiger partial charge < -0.3 is 14.9 Å². The summed E-state index contributed by atoms with van der Waals surface area (Å²) >= 11 is 5.78. The van der Waals surface area contributed by atoms with E-state index in [0.717, 1.165) is 25.1 Å². The lowest BCUT2D eigenvalue weighted by molar-refractivity contribution is 0.118. The van der Waals surface area contributed by atoms with Crippen molar-refractivity contribution in [1.82, 2.24) is 9.88 Å². The zero-order chi connectivity index (χ0) is 12.7. The van der Waals surface area contributed by atoms with Crippen LogP contribution in [0.2, 0.25) is 5.15 Å². The Morgan fingerprint density at radius 1 is 1.44 bits per heavy atom. The highest BCUT2D eigenvalue weighted by Crippen LogP contribution is 2.33. The largest absolute Gasteiger partial charge is 0.465 e. The third-order valence-electron chi connectivity index (χ3n) is 3.83. The molecular weight excluding hydrogens is 254 g/mol. The van der Waals surface area contributed by atoms with Gasteiger partial charge in [0.15, 0.2) is 0 Å². The molecule has 1 amide bonds. The van der Waals surface area contributed by atoms with Gasteiger partial charge in [-0.05, 0) is 25.0 Å². The molecule has 1 aromatic rings. The van der Waals surface area contributed by atoms with E-state index in [1.165, 1.54) is 0 Å². The fraction of sp³-hybridized carbons (Fsp3) is 0.500. The van der Waals surface area contributed by atoms with E-state index in [9.17, 15) is 4.79 Å². The third kappa shape index (κ3) is 1.88. The summed E-state index contributed by atoms with van der Waals surface area (Å²) in [6.45, 7) is 1.38. The summed E-state index contributed by atoms with van der Waals surface area (Å²) < 4.78 is 0. The Labute approximate surface area is 110 Å². The van der Waals surface area contributed by atoms with E-state index in [1.54, 1.807) is 17.2 Å². The molecule has 0 spiro atoms. The summed E-state index contributed by atoms with van der Waals surface area (Å²) in [5.41, 5.74) is 1.03. The molecule has 2 atom stereocenters. The second-order valence-electron chi connectivity index (χ2n) is 4.80. The fourth-order valence-electron chi connectivity index (χ4n) is 2.97. The van der Waals surface area contributed by atoms with E-state index in [2.05, 4.69) is 9.88 Å². The molecule has 2 saturated heterocycles. The Morgan fingerprint density at radius 3 is 2.94 bits per heavy atom. The third-order valence-corrected chi connectivity index (χ3v) is 4.05. The molecule has 2 fully saturated rings. The smallest absolute Gasteiger partial charge is 0.407 e. The Kier molecular flexibility index (Phi) is 2.78. The van der Waals surface area contributed by atoms with Crippen LogP contribution in [0.5, 0.6) is 0 Å². The van der Waals surface area contributed by atoms with Crippen molar-refractivity contribution in [3.05, 3.63) is 23.5 Å². The molecule has 1 aromatic heterocycles. The van der Waals surface area contributed by atoms with E-state index < -0.39 is 6.09 Å². The zero-order valence-electron chi connectivity index (χ0n) is 9.79. The Hall–Kier alpha value is -1.49. The van der Waals surface area contributed by atoms with Gasteiger partial charge in [-0.15, -0.1) is 0 Å². The van der Waals surface area contributed by atoms with Gasteiger partial charge in [-0.2, -0.15) is 0 Å². The molecule has 3 rings (SSSR count). The van der Waals surface area contributed by atoms with Crippen molar-refractivity contribution in [3.8, 4) is 0 Å². The maximum Gasteiger partial charge on any atom is 0.407 e. The van der Waals surface area contributed by atoms with Crippen LogP contribution in [0, 0.1) is 0 Å². The minimum Gasteiger partial charge on any atom is -0.465 e. The number of amides is 1. The number of hydrogen-bond donors (Lipinski definition) is 1. The highest BCUT2D eigenvalue weighted by molar-refractivity contribution is 6.29. The summed E-state index contributed by atoms with van der Waals surface area (Å²) in [6, 6.07) is 4.25. The Morgan fingerprint density at radius 2 is 2.28 bits per heavy atom. The SMILES string of the molecule is O=C(O)N1CCC2CC1CN2c1ccc(Cl)nc1. The van der Waals surface area contributed by atoms with Gasteiger partial charge >= 0.3 is 6.09 Å². The molecule has 3 heterocycles. The lowest BCUT2D eigenvalue weighted by Gasteiger charge is -2.30. The van der Waals surface area contributed by atoms with Crippen molar-refractivity contribution >= 4 is 23.4 Å². The van der Waals surface area contributed by atoms with Crippen LogP contribution in [0.1, 0.15) is 12.8 Å². The maximum absolute atomic E-state index is 11.1. The van der Waals surface area contributed by atoms with Gasteiger partial charge in [0, 0.05) is 19.1 Å². The summed E-state index contributed by atoms with van der Waals surface area (Å²) in [7, 11) is 0. The van der Waals surface area contributed by atoms with E-state index in [-0.39, 0.29) is 6.04 Å². The average Bonchev–Trinajstić information content (AvgIpc) is 2.67. The van der Waals surface area contributed by atoms with E-state index in [0.29, 0.717) is 17.7 Å². The molecule has 0 saturated carbocycles. The molecule has 5 nitrogen and oxygen atoms in total. The first-order valence-electron chi connectivity index (χ1n) is 6.03. The van der Waals surface area contributed by atoms with Crippen molar-refractivity contribution in [2.75, 3.05) is 18.0 Å². The van der Waals surface area contributed by atoms with Gasteiger partial charge in [-0.3, -0.25) is 0 Å². The molecule has 2 aliphatic rings. The maximum atomic E-state index is 11.1. The first kappa shape index (κ1) is 11.6. The minimum atomic E-state index is -0.811. The van der Waals surface area contributed by atoms with E-state index in [4.69, 9.17) is 16.7 Å². The molecule has 2 bridgehead atoms. The number of rotatable bonds is 1.